The highest BCUT2D eigenvalue weighted by Crippen LogP contribution is 2.16. The molecule has 19 heavy (non-hydrogen) atoms. The van der Waals surface area contributed by atoms with Gasteiger partial charge in [0.15, 0.2) is 0 Å². The van der Waals surface area contributed by atoms with E-state index in [9.17, 15) is 9.59 Å². The number of carbonyl (C=O) groups excluding carboxylic acids is 2. The number of hydrogen-bond acceptors (Lipinski definition) is 5. The minimum Gasteiger partial charge on any atom is -0.465 e. The number of aliphatic hydroxyl groups is 1. The number of methoxy groups -OCH3 is 2. The molecule has 0 amide bonds. The molecule has 0 fully saturated rings. The summed E-state index contributed by atoms with van der Waals surface area (Å²) < 4.78 is 9.30. The molecule has 0 spiro atoms. The first-order chi connectivity index (χ1) is 9.13. The van der Waals surface area contributed by atoms with Gasteiger partial charge in [0.1, 0.15) is 0 Å². The average Bonchev–Trinajstić information content (AvgIpc) is 2.45. The summed E-state index contributed by atoms with van der Waals surface area (Å²) in [5, 5.41) is 8.73. The van der Waals surface area contributed by atoms with Crippen LogP contribution in [-0.4, -0.2) is 37.9 Å². The first-order valence-corrected chi connectivity index (χ1v) is 5.72. The van der Waals surface area contributed by atoms with Crippen LogP contribution in [0, 0.1) is 0 Å². The van der Waals surface area contributed by atoms with Crippen LogP contribution in [0.2, 0.25) is 0 Å². The van der Waals surface area contributed by atoms with Crippen LogP contribution in [0.3, 0.4) is 0 Å². The average molecular weight is 264 g/mol. The maximum absolute atomic E-state index is 11.6. The minimum atomic E-state index is -0.486. The van der Waals surface area contributed by atoms with Crippen LogP contribution >= 0.6 is 0 Å². The molecule has 0 saturated carbocycles. The zero-order valence-corrected chi connectivity index (χ0v) is 10.9. The third-order valence-electron chi connectivity index (χ3n) is 2.47. The lowest BCUT2D eigenvalue weighted by atomic mass is 10.0. The van der Waals surface area contributed by atoms with Crippen molar-refractivity contribution in [1.82, 2.24) is 0 Å². The van der Waals surface area contributed by atoms with Crippen molar-refractivity contribution in [1.29, 1.82) is 0 Å². The Hall–Kier alpha value is -2.14. The van der Waals surface area contributed by atoms with E-state index in [-0.39, 0.29) is 6.61 Å². The van der Waals surface area contributed by atoms with Crippen molar-refractivity contribution in [3.63, 3.8) is 0 Å². The van der Waals surface area contributed by atoms with E-state index < -0.39 is 11.9 Å². The molecule has 0 aliphatic heterocycles. The van der Waals surface area contributed by atoms with Crippen LogP contribution in [0.15, 0.2) is 24.3 Å². The molecule has 1 aromatic rings. The van der Waals surface area contributed by atoms with Crippen LogP contribution in [0.25, 0.3) is 6.08 Å². The molecule has 1 aromatic carbocycles. The van der Waals surface area contributed by atoms with Gasteiger partial charge in [-0.15, -0.1) is 0 Å². The molecule has 0 radical (unpaired) electrons. The SMILES string of the molecule is COC(=O)c1ccc(C(=O)OC)c(/C=C/CCO)c1. The highest BCUT2D eigenvalue weighted by molar-refractivity contribution is 5.97. The normalized spacial score (nSPS) is 10.5. The number of ether oxygens (including phenoxy) is 2. The van der Waals surface area contributed by atoms with Gasteiger partial charge >= 0.3 is 11.9 Å². The standard InChI is InChI=1S/C14H16O5/c1-18-13(16)11-6-7-12(14(17)19-2)10(9-11)5-3-4-8-15/h3,5-7,9,15H,4,8H2,1-2H3/b5-3+. The molecule has 1 N–H and O–H groups in total. The van der Waals surface area contributed by atoms with Gasteiger partial charge in [-0.25, -0.2) is 9.59 Å². The Labute approximate surface area is 111 Å². The third kappa shape index (κ3) is 3.93. The Morgan fingerprint density at radius 2 is 1.89 bits per heavy atom. The van der Waals surface area contributed by atoms with Crippen molar-refractivity contribution < 1.29 is 24.2 Å². The summed E-state index contributed by atoms with van der Waals surface area (Å²) in [5.74, 6) is -0.965. The van der Waals surface area contributed by atoms with E-state index >= 15 is 0 Å². The van der Waals surface area contributed by atoms with E-state index in [2.05, 4.69) is 9.47 Å². The van der Waals surface area contributed by atoms with Crippen molar-refractivity contribution >= 4 is 18.0 Å². The first-order valence-electron chi connectivity index (χ1n) is 5.72. The van der Waals surface area contributed by atoms with Gasteiger partial charge in [-0.3, -0.25) is 0 Å². The Kier molecular flexibility index (Phi) is 5.75. The van der Waals surface area contributed by atoms with E-state index in [0.717, 1.165) is 0 Å². The largest absolute Gasteiger partial charge is 0.465 e. The maximum atomic E-state index is 11.6. The van der Waals surface area contributed by atoms with Gasteiger partial charge in [0, 0.05) is 6.61 Å². The number of benzene rings is 1. The number of rotatable bonds is 5. The van der Waals surface area contributed by atoms with E-state index in [1.54, 1.807) is 18.2 Å². The smallest absolute Gasteiger partial charge is 0.338 e. The number of carbonyl (C=O) groups is 2. The Bertz CT molecular complexity index is 491. The summed E-state index contributed by atoms with van der Waals surface area (Å²) in [5.41, 5.74) is 1.24. The van der Waals surface area contributed by atoms with E-state index in [4.69, 9.17) is 5.11 Å². The van der Waals surface area contributed by atoms with E-state index in [0.29, 0.717) is 23.1 Å². The fourth-order valence-electron chi connectivity index (χ4n) is 1.53. The molecule has 0 unspecified atom stereocenters. The van der Waals surface area contributed by atoms with Crippen molar-refractivity contribution in [3.8, 4) is 0 Å². The fraction of sp³-hybridized carbons (Fsp3) is 0.286. The zero-order valence-electron chi connectivity index (χ0n) is 10.9. The van der Waals surface area contributed by atoms with E-state index in [1.807, 2.05) is 0 Å². The van der Waals surface area contributed by atoms with Gasteiger partial charge in [0.05, 0.1) is 25.3 Å². The molecule has 0 aromatic heterocycles. The molecule has 0 aliphatic rings. The topological polar surface area (TPSA) is 72.8 Å². The molecular weight excluding hydrogens is 248 g/mol. The van der Waals surface area contributed by atoms with E-state index in [1.165, 1.54) is 26.4 Å². The van der Waals surface area contributed by atoms with Gasteiger partial charge in [-0.1, -0.05) is 12.2 Å². The number of esters is 2. The zero-order chi connectivity index (χ0) is 14.3. The molecule has 5 nitrogen and oxygen atoms in total. The van der Waals surface area contributed by atoms with Crippen LogP contribution in [0.4, 0.5) is 0 Å². The molecule has 0 aliphatic carbocycles. The molecule has 1 rings (SSSR count). The summed E-state index contributed by atoms with van der Waals surface area (Å²) in [6.07, 6.45) is 3.83. The van der Waals surface area contributed by atoms with Crippen LogP contribution < -0.4 is 0 Å². The second-order valence-corrected chi connectivity index (χ2v) is 3.70. The monoisotopic (exact) mass is 264 g/mol. The minimum absolute atomic E-state index is 0.0146. The van der Waals surface area contributed by atoms with Crippen LogP contribution in [0.5, 0.6) is 0 Å². The lowest BCUT2D eigenvalue weighted by Crippen LogP contribution is -2.07. The molecule has 0 atom stereocenters. The molecule has 0 saturated heterocycles. The van der Waals surface area contributed by atoms with Gasteiger partial charge in [-0.2, -0.15) is 0 Å². The van der Waals surface area contributed by atoms with Crippen molar-refractivity contribution in [2.45, 2.75) is 6.42 Å². The second kappa shape index (κ2) is 7.33. The quantitative estimate of drug-likeness (QED) is 0.819. The molecule has 0 bridgehead atoms. The van der Waals surface area contributed by atoms with Gasteiger partial charge in [-0.05, 0) is 30.2 Å². The van der Waals surface area contributed by atoms with Crippen molar-refractivity contribution in [3.05, 3.63) is 41.0 Å². The highest BCUT2D eigenvalue weighted by Gasteiger charge is 2.13. The predicted octanol–water partition coefficient (Wildman–Crippen LogP) is 1.66. The van der Waals surface area contributed by atoms with Gasteiger partial charge in [0.2, 0.25) is 0 Å². The maximum Gasteiger partial charge on any atom is 0.338 e. The molecule has 5 heteroatoms. The first kappa shape index (κ1) is 14.9. The van der Waals surface area contributed by atoms with Gasteiger partial charge < -0.3 is 14.6 Å². The molecular formula is C14H16O5. The highest BCUT2D eigenvalue weighted by atomic mass is 16.5. The number of aliphatic hydroxyl groups excluding tert-OH is 1. The summed E-state index contributed by atoms with van der Waals surface area (Å²) in [4.78, 5) is 23.0. The summed E-state index contributed by atoms with van der Waals surface area (Å²) in [6, 6.07) is 4.56. The molecule has 102 valence electrons. The molecule has 0 heterocycles. The summed E-state index contributed by atoms with van der Waals surface area (Å²) in [6.45, 7) is 0.0146. The lowest BCUT2D eigenvalue weighted by molar-refractivity contribution is 0.0586. The Balaban J connectivity index is 3.18. The van der Waals surface area contributed by atoms with Crippen LogP contribution in [0.1, 0.15) is 32.7 Å². The number of hydrogen-bond donors (Lipinski definition) is 1. The Morgan fingerprint density at radius 1 is 1.21 bits per heavy atom. The predicted molar refractivity (Wildman–Crippen MR) is 69.9 cm³/mol. The van der Waals surface area contributed by atoms with Crippen molar-refractivity contribution in [2.75, 3.05) is 20.8 Å². The Morgan fingerprint density at radius 3 is 2.47 bits per heavy atom. The van der Waals surface area contributed by atoms with Gasteiger partial charge in [0.25, 0.3) is 0 Å². The fourth-order valence-corrected chi connectivity index (χ4v) is 1.53. The van der Waals surface area contributed by atoms with Crippen molar-refractivity contribution in [2.24, 2.45) is 0 Å². The summed E-state index contributed by atoms with van der Waals surface area (Å²) in [7, 11) is 2.58. The summed E-state index contributed by atoms with van der Waals surface area (Å²) >= 11 is 0. The van der Waals surface area contributed by atoms with Crippen LogP contribution in [-0.2, 0) is 9.47 Å². The lowest BCUT2D eigenvalue weighted by Gasteiger charge is -2.06. The second-order valence-electron chi connectivity index (χ2n) is 3.70. The third-order valence-corrected chi connectivity index (χ3v) is 2.47.